The van der Waals surface area contributed by atoms with E-state index < -0.39 is 0 Å². The maximum absolute atomic E-state index is 13.1. The Morgan fingerprint density at radius 3 is 2.70 bits per heavy atom. The molecule has 2 aromatic carbocycles. The van der Waals surface area contributed by atoms with Crippen LogP contribution in [0.1, 0.15) is 24.8 Å². The predicted octanol–water partition coefficient (Wildman–Crippen LogP) is 4.91. The summed E-state index contributed by atoms with van der Waals surface area (Å²) in [5.41, 5.74) is 2.78. The second kappa shape index (κ2) is 8.80. The van der Waals surface area contributed by atoms with E-state index in [-0.39, 0.29) is 23.1 Å². The maximum Gasteiger partial charge on any atom is 0.228 e. The molecule has 2 heterocycles. The normalized spacial score (nSPS) is 19.4. The quantitative estimate of drug-likeness (QED) is 0.558. The smallest absolute Gasteiger partial charge is 0.228 e. The van der Waals surface area contributed by atoms with Crippen molar-refractivity contribution >= 4 is 23.2 Å². The molecular weight excluding hydrogens is 443 g/mol. The third-order valence-corrected chi connectivity index (χ3v) is 7.21. The van der Waals surface area contributed by atoms with Crippen LogP contribution in [0.3, 0.4) is 0 Å². The molecule has 3 aromatic rings. The van der Waals surface area contributed by atoms with Crippen molar-refractivity contribution in [1.29, 1.82) is 0 Å². The average Bonchev–Trinajstić information content (AvgIpc) is 3.31. The lowest BCUT2D eigenvalue weighted by molar-refractivity contribution is -0.118. The Labute approximate surface area is 197 Å². The van der Waals surface area contributed by atoms with E-state index in [4.69, 9.17) is 16.3 Å². The summed E-state index contributed by atoms with van der Waals surface area (Å²) >= 11 is 6.17. The minimum atomic E-state index is -0.256. The highest BCUT2D eigenvalue weighted by Crippen LogP contribution is 2.59. The number of halogens is 2. The largest absolute Gasteiger partial charge is 0.495 e. The van der Waals surface area contributed by atoms with Crippen molar-refractivity contribution in [1.82, 2.24) is 14.7 Å². The molecule has 1 aliphatic heterocycles. The van der Waals surface area contributed by atoms with Crippen molar-refractivity contribution in [2.24, 2.45) is 11.3 Å². The fourth-order valence-electron chi connectivity index (χ4n) is 4.84. The van der Waals surface area contributed by atoms with Crippen molar-refractivity contribution in [3.63, 3.8) is 0 Å². The number of aromatic nitrogens is 2. The topological polar surface area (TPSA) is 59.4 Å². The first kappa shape index (κ1) is 21.9. The summed E-state index contributed by atoms with van der Waals surface area (Å²) in [5.74, 6) is 0.466. The van der Waals surface area contributed by atoms with Crippen molar-refractivity contribution in [3.05, 3.63) is 71.3 Å². The summed E-state index contributed by atoms with van der Waals surface area (Å²) in [6.07, 6.45) is 6.83. The van der Waals surface area contributed by atoms with E-state index in [0.717, 1.165) is 50.1 Å². The number of methoxy groups -OCH3 is 1. The van der Waals surface area contributed by atoms with Crippen LogP contribution in [0.2, 0.25) is 5.02 Å². The van der Waals surface area contributed by atoms with Crippen molar-refractivity contribution in [3.8, 4) is 11.4 Å². The number of hydrogen-bond acceptors (Lipinski definition) is 4. The minimum absolute atomic E-state index is 0.0572. The summed E-state index contributed by atoms with van der Waals surface area (Å²) in [6, 6.07) is 11.6. The Bertz CT molecular complexity index is 1160. The maximum atomic E-state index is 13.1. The highest BCUT2D eigenvalue weighted by molar-refractivity contribution is 6.32. The fraction of sp³-hybridized carbons (Fsp3) is 0.360. The summed E-state index contributed by atoms with van der Waals surface area (Å²) in [7, 11) is 1.57. The Morgan fingerprint density at radius 2 is 2.00 bits per heavy atom. The van der Waals surface area contributed by atoms with Crippen LogP contribution >= 0.6 is 11.6 Å². The van der Waals surface area contributed by atoms with Crippen LogP contribution in [0, 0.1) is 17.2 Å². The van der Waals surface area contributed by atoms with Gasteiger partial charge in [0.15, 0.2) is 0 Å². The van der Waals surface area contributed by atoms with Crippen LogP contribution in [0.25, 0.3) is 5.69 Å². The molecule has 2 fully saturated rings. The van der Waals surface area contributed by atoms with E-state index in [0.29, 0.717) is 16.5 Å². The Morgan fingerprint density at radius 1 is 1.24 bits per heavy atom. The minimum Gasteiger partial charge on any atom is -0.495 e. The predicted molar refractivity (Wildman–Crippen MR) is 125 cm³/mol. The third-order valence-electron chi connectivity index (χ3n) is 6.91. The molecule has 1 aromatic heterocycles. The van der Waals surface area contributed by atoms with E-state index in [1.807, 2.05) is 18.5 Å². The molecule has 1 saturated carbocycles. The van der Waals surface area contributed by atoms with Crippen molar-refractivity contribution in [2.45, 2.75) is 25.8 Å². The number of carbonyl (C=O) groups excluding carboxylic acids is 1. The van der Waals surface area contributed by atoms with Gasteiger partial charge in [-0.25, -0.2) is 9.07 Å². The van der Waals surface area contributed by atoms with Gasteiger partial charge in [-0.2, -0.15) is 5.10 Å². The molecule has 0 bridgehead atoms. The highest BCUT2D eigenvalue weighted by Gasteiger charge is 2.58. The number of piperidine rings is 1. The number of amides is 1. The lowest BCUT2D eigenvalue weighted by Crippen LogP contribution is -2.35. The number of rotatable bonds is 6. The monoisotopic (exact) mass is 468 g/mol. The molecule has 2 aliphatic rings. The molecule has 0 radical (unpaired) electrons. The van der Waals surface area contributed by atoms with E-state index in [9.17, 15) is 9.18 Å². The Hall–Kier alpha value is -2.90. The highest BCUT2D eigenvalue weighted by atomic mass is 35.5. The van der Waals surface area contributed by atoms with E-state index in [1.54, 1.807) is 36.1 Å². The summed E-state index contributed by atoms with van der Waals surface area (Å²) in [6.45, 7) is 2.73. The fourth-order valence-corrected chi connectivity index (χ4v) is 5.09. The van der Waals surface area contributed by atoms with Gasteiger partial charge in [0, 0.05) is 29.9 Å². The Kier molecular flexibility index (Phi) is 5.85. The SMILES string of the molecule is COc1ccc(NC(=O)C2CC23CCN(Cc2cnn(-c4ccc(F)cc4)c2)CC3)cc1Cl. The second-order valence-electron chi connectivity index (χ2n) is 9.00. The van der Waals surface area contributed by atoms with Gasteiger partial charge in [-0.15, -0.1) is 0 Å². The molecular formula is C25H26ClFN4O2. The molecule has 1 unspecified atom stereocenters. The number of carbonyl (C=O) groups is 1. The molecule has 33 heavy (non-hydrogen) atoms. The second-order valence-corrected chi connectivity index (χ2v) is 9.41. The van der Waals surface area contributed by atoms with Gasteiger partial charge < -0.3 is 10.1 Å². The third kappa shape index (κ3) is 4.61. The number of nitrogens with one attached hydrogen (secondary N) is 1. The van der Waals surface area contributed by atoms with E-state index in [2.05, 4.69) is 15.3 Å². The van der Waals surface area contributed by atoms with Crippen molar-refractivity contribution in [2.75, 3.05) is 25.5 Å². The molecule has 1 aliphatic carbocycles. The van der Waals surface area contributed by atoms with Crippen LogP contribution in [0.4, 0.5) is 10.1 Å². The zero-order chi connectivity index (χ0) is 23.0. The van der Waals surface area contributed by atoms with E-state index in [1.165, 1.54) is 12.1 Å². The lowest BCUT2D eigenvalue weighted by atomic mass is 9.90. The average molecular weight is 469 g/mol. The number of anilines is 1. The van der Waals surface area contributed by atoms with Crippen LogP contribution in [0.15, 0.2) is 54.9 Å². The standard InChI is InChI=1S/C25H26ClFN4O2/c1-33-23-7-4-19(12-22(23)26)29-24(32)21-13-25(21)8-10-30(11-9-25)15-17-14-28-31(16-17)20-5-2-18(27)3-6-20/h2-7,12,14,16,21H,8-11,13,15H2,1H3,(H,29,32). The number of likely N-dealkylation sites (tertiary alicyclic amines) is 1. The van der Waals surface area contributed by atoms with Crippen molar-refractivity contribution < 1.29 is 13.9 Å². The molecule has 1 N–H and O–H groups in total. The number of benzene rings is 2. The molecule has 6 nitrogen and oxygen atoms in total. The van der Waals surface area contributed by atoms with Crippen LogP contribution in [-0.2, 0) is 11.3 Å². The van der Waals surface area contributed by atoms with Gasteiger partial charge in [-0.05, 0) is 80.2 Å². The first-order valence-electron chi connectivity index (χ1n) is 11.1. The Balaban J connectivity index is 1.13. The molecule has 172 valence electrons. The van der Waals surface area contributed by atoms with E-state index >= 15 is 0 Å². The zero-order valence-corrected chi connectivity index (χ0v) is 19.2. The van der Waals surface area contributed by atoms with Crippen LogP contribution < -0.4 is 10.1 Å². The zero-order valence-electron chi connectivity index (χ0n) is 18.4. The lowest BCUT2D eigenvalue weighted by Gasteiger charge is -2.32. The molecule has 5 rings (SSSR count). The molecule has 1 saturated heterocycles. The van der Waals surface area contributed by atoms with Gasteiger partial charge in [0.1, 0.15) is 11.6 Å². The van der Waals surface area contributed by atoms with Gasteiger partial charge in [-0.3, -0.25) is 9.69 Å². The summed E-state index contributed by atoms with van der Waals surface area (Å²) in [5, 5.41) is 7.91. The van der Waals surface area contributed by atoms with Gasteiger partial charge in [0.2, 0.25) is 5.91 Å². The molecule has 8 heteroatoms. The number of ether oxygens (including phenoxy) is 1. The first-order valence-corrected chi connectivity index (χ1v) is 11.5. The van der Waals surface area contributed by atoms with Crippen LogP contribution in [0.5, 0.6) is 5.75 Å². The molecule has 1 atom stereocenters. The van der Waals surface area contributed by atoms with Crippen LogP contribution in [-0.4, -0.2) is 40.8 Å². The number of nitrogens with zero attached hydrogens (tertiary/aromatic N) is 3. The summed E-state index contributed by atoms with van der Waals surface area (Å²) in [4.78, 5) is 15.2. The van der Waals surface area contributed by atoms with Gasteiger partial charge in [0.25, 0.3) is 0 Å². The molecule has 1 amide bonds. The van der Waals surface area contributed by atoms with Gasteiger partial charge >= 0.3 is 0 Å². The first-order chi connectivity index (χ1) is 16.0. The summed E-state index contributed by atoms with van der Waals surface area (Å²) < 4.78 is 20.1. The van der Waals surface area contributed by atoms with Gasteiger partial charge in [-0.1, -0.05) is 11.6 Å². The van der Waals surface area contributed by atoms with Gasteiger partial charge in [0.05, 0.1) is 24.0 Å². The number of hydrogen-bond donors (Lipinski definition) is 1. The molecule has 1 spiro atoms.